The van der Waals surface area contributed by atoms with Gasteiger partial charge in [-0.2, -0.15) is 0 Å². The van der Waals surface area contributed by atoms with Crippen molar-refractivity contribution in [2.24, 2.45) is 0 Å². The Labute approximate surface area is 228 Å². The van der Waals surface area contributed by atoms with Crippen LogP contribution in [0.4, 0.5) is 17.2 Å². The lowest BCUT2D eigenvalue weighted by Crippen LogP contribution is -2.12. The fourth-order valence-electron chi connectivity index (χ4n) is 3.49. The van der Waals surface area contributed by atoms with Crippen LogP contribution in [-0.2, 0) is 0 Å². The molecule has 0 saturated carbocycles. The van der Waals surface area contributed by atoms with Crippen LogP contribution >= 0.6 is 34.8 Å². The van der Waals surface area contributed by atoms with Gasteiger partial charge in [0.2, 0.25) is 5.75 Å². The maximum absolute atomic E-state index is 12.6. The van der Waals surface area contributed by atoms with Gasteiger partial charge in [0.15, 0.2) is 11.5 Å². The first kappa shape index (κ1) is 26.3. The van der Waals surface area contributed by atoms with Gasteiger partial charge in [-0.3, -0.25) is 9.78 Å². The first-order chi connectivity index (χ1) is 17.8. The summed E-state index contributed by atoms with van der Waals surface area (Å²) in [5.41, 5.74) is 2.89. The van der Waals surface area contributed by atoms with Crippen LogP contribution in [0, 0.1) is 0 Å². The molecule has 0 aliphatic carbocycles. The largest absolute Gasteiger partial charge is 0.493 e. The molecule has 0 aliphatic heterocycles. The van der Waals surface area contributed by atoms with Crippen molar-refractivity contribution in [3.05, 3.63) is 81.6 Å². The van der Waals surface area contributed by atoms with E-state index in [4.69, 9.17) is 49.0 Å². The van der Waals surface area contributed by atoms with Gasteiger partial charge >= 0.3 is 0 Å². The van der Waals surface area contributed by atoms with Crippen LogP contribution in [0.15, 0.2) is 60.9 Å². The summed E-state index contributed by atoms with van der Waals surface area (Å²) in [5, 5.41) is 6.49. The van der Waals surface area contributed by atoms with Crippen LogP contribution in [0.25, 0.3) is 11.3 Å². The van der Waals surface area contributed by atoms with Gasteiger partial charge in [-0.15, -0.1) is 0 Å². The summed E-state index contributed by atoms with van der Waals surface area (Å²) in [6, 6.07) is 13.7. The second-order valence-electron chi connectivity index (χ2n) is 7.58. The Bertz CT molecular complexity index is 1420. The monoisotopic (exact) mass is 558 g/mol. The number of nitrogens with one attached hydrogen (secondary N) is 2. The summed E-state index contributed by atoms with van der Waals surface area (Å²) in [7, 11) is 4.64. The summed E-state index contributed by atoms with van der Waals surface area (Å²) in [6.45, 7) is 0. The number of rotatable bonds is 8. The fraction of sp³-hybridized carbons (Fsp3) is 0.115. The number of halogens is 3. The van der Waals surface area contributed by atoms with Crippen LogP contribution in [0.5, 0.6) is 17.2 Å². The van der Waals surface area contributed by atoms with Crippen LogP contribution in [-0.4, -0.2) is 37.2 Å². The van der Waals surface area contributed by atoms with Crippen molar-refractivity contribution in [3.63, 3.8) is 0 Å². The molecule has 0 fully saturated rings. The Kier molecular flexibility index (Phi) is 8.23. The molecule has 2 N–H and O–H groups in total. The molecule has 1 aromatic heterocycles. The van der Waals surface area contributed by atoms with E-state index >= 15 is 0 Å². The molecular formula is C26H21Cl3N4O4. The third kappa shape index (κ3) is 5.83. The van der Waals surface area contributed by atoms with Crippen molar-refractivity contribution in [3.8, 4) is 28.5 Å². The van der Waals surface area contributed by atoms with Gasteiger partial charge in [0.25, 0.3) is 5.91 Å². The molecule has 1 heterocycles. The zero-order chi connectivity index (χ0) is 26.5. The SMILES string of the molecule is COc1cc(Nc2cncc(-c3ccc(NC(=O)c4ccc(Cl)c(Cl)c4Cl)cc3)n2)cc(OC)c1OC. The normalized spacial score (nSPS) is 10.5. The Morgan fingerprint density at radius 1 is 0.811 bits per heavy atom. The van der Waals surface area contributed by atoms with E-state index < -0.39 is 5.91 Å². The van der Waals surface area contributed by atoms with E-state index in [9.17, 15) is 4.79 Å². The highest BCUT2D eigenvalue weighted by Gasteiger charge is 2.16. The molecule has 0 bridgehead atoms. The molecule has 0 aliphatic rings. The molecule has 0 unspecified atom stereocenters. The first-order valence-electron chi connectivity index (χ1n) is 10.8. The number of nitrogens with zero attached hydrogens (tertiary/aromatic N) is 2. The lowest BCUT2D eigenvalue weighted by molar-refractivity contribution is 0.102. The minimum absolute atomic E-state index is 0.0926. The Morgan fingerprint density at radius 3 is 2.11 bits per heavy atom. The number of amides is 1. The topological polar surface area (TPSA) is 94.6 Å². The molecule has 11 heteroatoms. The number of aromatic nitrogens is 2. The predicted octanol–water partition coefficient (Wildman–Crippen LogP) is 7.13. The Morgan fingerprint density at radius 2 is 1.49 bits per heavy atom. The van der Waals surface area contributed by atoms with E-state index in [1.54, 1.807) is 58.0 Å². The molecule has 4 aromatic rings. The standard InChI is InChI=1S/C26H21Cl3N4O4/c1-35-20-10-16(11-21(36-2)25(20)37-3)31-22-13-30-12-19(33-22)14-4-6-15(7-5-14)32-26(34)17-8-9-18(27)24(29)23(17)28/h4-13H,1-3H3,(H,31,33)(H,32,34). The molecule has 0 radical (unpaired) electrons. The average Bonchev–Trinajstić information content (AvgIpc) is 2.91. The van der Waals surface area contributed by atoms with Crippen molar-refractivity contribution in [2.75, 3.05) is 32.0 Å². The van der Waals surface area contributed by atoms with E-state index in [-0.39, 0.29) is 20.6 Å². The van der Waals surface area contributed by atoms with Crippen molar-refractivity contribution in [1.82, 2.24) is 9.97 Å². The number of hydrogen-bond acceptors (Lipinski definition) is 7. The molecular weight excluding hydrogens is 539 g/mol. The van der Waals surface area contributed by atoms with Crippen LogP contribution < -0.4 is 24.8 Å². The number of ether oxygens (including phenoxy) is 3. The maximum Gasteiger partial charge on any atom is 0.257 e. The first-order valence-corrected chi connectivity index (χ1v) is 11.9. The van der Waals surface area contributed by atoms with E-state index in [1.165, 1.54) is 12.1 Å². The van der Waals surface area contributed by atoms with Gasteiger partial charge in [-0.25, -0.2) is 4.98 Å². The summed E-state index contributed by atoms with van der Waals surface area (Å²) < 4.78 is 16.2. The van der Waals surface area contributed by atoms with Gasteiger partial charge in [-0.05, 0) is 24.3 Å². The molecule has 3 aromatic carbocycles. The lowest BCUT2D eigenvalue weighted by atomic mass is 10.1. The molecule has 8 nitrogen and oxygen atoms in total. The maximum atomic E-state index is 12.6. The lowest BCUT2D eigenvalue weighted by Gasteiger charge is -2.15. The second kappa shape index (κ2) is 11.6. The van der Waals surface area contributed by atoms with E-state index in [2.05, 4.69) is 20.6 Å². The summed E-state index contributed by atoms with van der Waals surface area (Å²) in [5.74, 6) is 1.61. The van der Waals surface area contributed by atoms with Crippen molar-refractivity contribution in [1.29, 1.82) is 0 Å². The molecule has 37 heavy (non-hydrogen) atoms. The molecule has 1 amide bonds. The van der Waals surface area contributed by atoms with E-state index in [0.717, 1.165) is 5.56 Å². The molecule has 4 rings (SSSR count). The number of hydrogen-bond donors (Lipinski definition) is 2. The molecule has 0 saturated heterocycles. The number of carbonyl (C=O) groups excluding carboxylic acids is 1. The number of benzene rings is 3. The van der Waals surface area contributed by atoms with Crippen molar-refractivity contribution in [2.45, 2.75) is 0 Å². The highest BCUT2D eigenvalue weighted by atomic mass is 35.5. The van der Waals surface area contributed by atoms with Crippen LogP contribution in [0.2, 0.25) is 15.1 Å². The van der Waals surface area contributed by atoms with Gasteiger partial charge in [0, 0.05) is 29.1 Å². The van der Waals surface area contributed by atoms with Gasteiger partial charge in [0.05, 0.1) is 60.0 Å². The quantitative estimate of drug-likeness (QED) is 0.222. The van der Waals surface area contributed by atoms with Crippen LogP contribution in [0.1, 0.15) is 10.4 Å². The highest BCUT2D eigenvalue weighted by Crippen LogP contribution is 2.40. The molecule has 0 spiro atoms. The van der Waals surface area contributed by atoms with E-state index in [1.807, 2.05) is 12.1 Å². The van der Waals surface area contributed by atoms with Gasteiger partial charge < -0.3 is 24.8 Å². The number of methoxy groups -OCH3 is 3. The van der Waals surface area contributed by atoms with Gasteiger partial charge in [-0.1, -0.05) is 46.9 Å². The van der Waals surface area contributed by atoms with Crippen LogP contribution in [0.3, 0.4) is 0 Å². The molecule has 190 valence electrons. The zero-order valence-electron chi connectivity index (χ0n) is 19.9. The summed E-state index contributed by atoms with van der Waals surface area (Å²) >= 11 is 18.2. The third-order valence-electron chi connectivity index (χ3n) is 5.29. The highest BCUT2D eigenvalue weighted by molar-refractivity contribution is 6.49. The van der Waals surface area contributed by atoms with Crippen molar-refractivity contribution >= 4 is 57.9 Å². The Hall–Kier alpha value is -3.72. The number of carbonyl (C=O) groups is 1. The number of anilines is 3. The average molecular weight is 560 g/mol. The summed E-state index contributed by atoms with van der Waals surface area (Å²) in [6.07, 6.45) is 3.24. The second-order valence-corrected chi connectivity index (χ2v) is 8.75. The smallest absolute Gasteiger partial charge is 0.257 e. The van der Waals surface area contributed by atoms with Gasteiger partial charge in [0.1, 0.15) is 5.82 Å². The fourth-order valence-corrected chi connectivity index (χ4v) is 4.11. The minimum Gasteiger partial charge on any atom is -0.493 e. The Balaban J connectivity index is 1.51. The third-order valence-corrected chi connectivity index (χ3v) is 6.58. The van der Waals surface area contributed by atoms with E-state index in [0.29, 0.717) is 40.1 Å². The summed E-state index contributed by atoms with van der Waals surface area (Å²) in [4.78, 5) is 21.6. The molecule has 0 atom stereocenters. The zero-order valence-corrected chi connectivity index (χ0v) is 22.2. The minimum atomic E-state index is -0.410. The van der Waals surface area contributed by atoms with Crippen molar-refractivity contribution < 1.29 is 19.0 Å². The predicted molar refractivity (Wildman–Crippen MR) is 146 cm³/mol.